The van der Waals surface area contributed by atoms with Crippen molar-refractivity contribution < 1.29 is 46.1 Å². The highest BCUT2D eigenvalue weighted by molar-refractivity contribution is 5.96. The molecule has 1 aliphatic rings. The quantitative estimate of drug-likeness (QED) is 0.150. The Balaban J connectivity index is 0.000000265. The highest BCUT2D eigenvalue weighted by Gasteiger charge is 2.38. The van der Waals surface area contributed by atoms with Crippen molar-refractivity contribution in [1.29, 1.82) is 0 Å². The van der Waals surface area contributed by atoms with Crippen LogP contribution in [-0.2, 0) is 9.59 Å². The zero-order valence-electron chi connectivity index (χ0n) is 22.0. The lowest BCUT2D eigenvalue weighted by molar-refractivity contribution is -0.193. The molecular weight excluding hydrogens is 596 g/mol. The highest BCUT2D eigenvalue weighted by Crippen LogP contribution is 2.43. The van der Waals surface area contributed by atoms with Gasteiger partial charge in [-0.3, -0.25) is 4.98 Å². The fourth-order valence-electron chi connectivity index (χ4n) is 3.99. The Morgan fingerprint density at radius 2 is 1.25 bits per heavy atom. The van der Waals surface area contributed by atoms with Gasteiger partial charge in [-0.15, -0.1) is 0 Å². The number of anilines is 2. The number of alkyl halides is 6. The molecule has 0 saturated heterocycles. The zero-order valence-corrected chi connectivity index (χ0v) is 22.0. The maximum Gasteiger partial charge on any atom is 0.490 e. The lowest BCUT2D eigenvalue weighted by Crippen LogP contribution is -2.21. The summed E-state index contributed by atoms with van der Waals surface area (Å²) in [6, 6.07) is 24.7. The normalized spacial score (nSPS) is 11.5. The molecule has 6 rings (SSSR count). The predicted octanol–water partition coefficient (Wildman–Crippen LogP) is 7.19. The van der Waals surface area contributed by atoms with E-state index in [0.29, 0.717) is 0 Å². The number of aromatic nitrogens is 4. The van der Waals surface area contributed by atoms with Crippen LogP contribution in [0.1, 0.15) is 0 Å². The van der Waals surface area contributed by atoms with E-state index in [-0.39, 0.29) is 0 Å². The number of carboxylic acids is 2. The van der Waals surface area contributed by atoms with Crippen LogP contribution in [0.5, 0.6) is 0 Å². The molecule has 226 valence electrons. The minimum absolute atomic E-state index is 0.778. The predicted molar refractivity (Wildman–Crippen MR) is 147 cm³/mol. The van der Waals surface area contributed by atoms with Crippen molar-refractivity contribution in [1.82, 2.24) is 19.9 Å². The molecule has 1 aliphatic heterocycles. The SMILES string of the molecule is O=C(O)C(F)(F)F.O=C(O)C(F)(F)F.c1ccc(-c2ccccc2-c2nc3c([nH]2)-c2ccncc2Nc2ncccc2-3)cc1. The fourth-order valence-corrected chi connectivity index (χ4v) is 3.99. The van der Waals surface area contributed by atoms with Crippen LogP contribution in [0.2, 0.25) is 0 Å². The van der Waals surface area contributed by atoms with Gasteiger partial charge in [0.15, 0.2) is 0 Å². The number of rotatable bonds is 2. The van der Waals surface area contributed by atoms with Gasteiger partial charge in [0, 0.05) is 29.1 Å². The maximum atomic E-state index is 10.6. The van der Waals surface area contributed by atoms with E-state index in [9.17, 15) is 26.3 Å². The van der Waals surface area contributed by atoms with Crippen LogP contribution < -0.4 is 5.32 Å². The zero-order chi connectivity index (χ0) is 32.1. The molecule has 0 radical (unpaired) electrons. The van der Waals surface area contributed by atoms with Gasteiger partial charge in [-0.2, -0.15) is 26.3 Å². The van der Waals surface area contributed by atoms with Crippen molar-refractivity contribution in [2.75, 3.05) is 5.32 Å². The Hall–Kier alpha value is -5.73. The first-order valence-corrected chi connectivity index (χ1v) is 12.3. The molecule has 0 fully saturated rings. The van der Waals surface area contributed by atoms with Gasteiger partial charge in [-0.05, 0) is 29.3 Å². The Labute approximate surface area is 243 Å². The second-order valence-electron chi connectivity index (χ2n) is 8.77. The summed E-state index contributed by atoms with van der Waals surface area (Å²) in [5.74, 6) is -3.90. The fraction of sp³-hybridized carbons (Fsp3) is 0.0690. The molecule has 2 aromatic carbocycles. The Bertz CT molecular complexity index is 1700. The van der Waals surface area contributed by atoms with Gasteiger partial charge in [0.1, 0.15) is 17.3 Å². The molecular formula is C29H19F6N5O4. The molecule has 44 heavy (non-hydrogen) atoms. The number of H-pyrrole nitrogens is 1. The number of nitrogens with one attached hydrogen (secondary N) is 2. The second kappa shape index (κ2) is 12.6. The number of aromatic amines is 1. The summed E-state index contributed by atoms with van der Waals surface area (Å²) in [5, 5.41) is 17.6. The molecule has 0 unspecified atom stereocenters. The van der Waals surface area contributed by atoms with Crippen molar-refractivity contribution in [2.45, 2.75) is 12.4 Å². The van der Waals surface area contributed by atoms with Gasteiger partial charge in [0.25, 0.3) is 0 Å². The molecule has 5 aromatic rings. The number of fused-ring (bicyclic) bond motifs is 5. The van der Waals surface area contributed by atoms with E-state index in [0.717, 1.165) is 56.5 Å². The van der Waals surface area contributed by atoms with Gasteiger partial charge >= 0.3 is 24.3 Å². The first kappa shape index (κ1) is 31.2. The number of aliphatic carboxylic acids is 2. The topological polar surface area (TPSA) is 141 Å². The van der Waals surface area contributed by atoms with Gasteiger partial charge in [0.2, 0.25) is 0 Å². The van der Waals surface area contributed by atoms with Crippen molar-refractivity contribution in [2.24, 2.45) is 0 Å². The third-order valence-electron chi connectivity index (χ3n) is 5.86. The maximum absolute atomic E-state index is 10.6. The number of carboxylic acid groups (broad SMARTS) is 2. The number of pyridine rings is 2. The van der Waals surface area contributed by atoms with E-state index < -0.39 is 24.3 Å². The molecule has 0 spiro atoms. The summed E-state index contributed by atoms with van der Waals surface area (Å²) in [6.45, 7) is 0. The minimum Gasteiger partial charge on any atom is -0.475 e. The van der Waals surface area contributed by atoms with E-state index in [4.69, 9.17) is 24.8 Å². The summed E-state index contributed by atoms with van der Waals surface area (Å²) >= 11 is 0. The summed E-state index contributed by atoms with van der Waals surface area (Å²) < 4.78 is 63.5. The van der Waals surface area contributed by atoms with Crippen molar-refractivity contribution in [3.05, 3.63) is 91.4 Å². The van der Waals surface area contributed by atoms with Crippen molar-refractivity contribution >= 4 is 23.4 Å². The van der Waals surface area contributed by atoms with Crippen LogP contribution in [0.3, 0.4) is 0 Å². The molecule has 15 heteroatoms. The van der Waals surface area contributed by atoms with Gasteiger partial charge in [-0.25, -0.2) is 19.6 Å². The Morgan fingerprint density at radius 3 is 1.86 bits per heavy atom. The number of benzene rings is 2. The minimum atomic E-state index is -5.08. The van der Waals surface area contributed by atoms with Crippen molar-refractivity contribution in [3.63, 3.8) is 0 Å². The third-order valence-corrected chi connectivity index (χ3v) is 5.86. The largest absolute Gasteiger partial charge is 0.490 e. The Kier molecular flexibility index (Phi) is 8.97. The van der Waals surface area contributed by atoms with Gasteiger partial charge in [-0.1, -0.05) is 54.6 Å². The second-order valence-corrected chi connectivity index (χ2v) is 8.77. The van der Waals surface area contributed by atoms with Crippen LogP contribution in [0.4, 0.5) is 37.8 Å². The molecule has 0 bridgehead atoms. The molecule has 0 atom stereocenters. The number of halogens is 6. The average molecular weight is 615 g/mol. The summed E-state index contributed by atoms with van der Waals surface area (Å²) in [7, 11) is 0. The standard InChI is InChI=1S/C25H17N5.2C2HF3O2/c1-2-7-16(8-3-1)17-9-4-5-10-18(17)25-29-22-19-12-14-26-15-21(19)28-24-20(23(22)30-25)11-6-13-27-24;2*3-2(4,5)1(6)7/h1-15H,(H,27,28)(H,29,30);2*(H,6,7). The van der Waals surface area contributed by atoms with Crippen LogP contribution in [0, 0.1) is 0 Å². The number of hydrogen-bond acceptors (Lipinski definition) is 6. The molecule has 9 nitrogen and oxygen atoms in total. The molecule has 0 saturated carbocycles. The first-order chi connectivity index (χ1) is 20.8. The summed E-state index contributed by atoms with van der Waals surface area (Å²) in [4.78, 5) is 35.2. The molecule has 4 heterocycles. The van der Waals surface area contributed by atoms with Crippen molar-refractivity contribution in [3.8, 4) is 45.0 Å². The highest BCUT2D eigenvalue weighted by atomic mass is 19.4. The van der Waals surface area contributed by atoms with Gasteiger partial charge < -0.3 is 20.5 Å². The number of hydrogen-bond donors (Lipinski definition) is 4. The van der Waals surface area contributed by atoms with Crippen LogP contribution in [0.25, 0.3) is 45.0 Å². The van der Waals surface area contributed by atoms with E-state index in [2.05, 4.69) is 62.7 Å². The monoisotopic (exact) mass is 615 g/mol. The van der Waals surface area contributed by atoms with Crippen LogP contribution in [0.15, 0.2) is 91.4 Å². The number of carbonyl (C=O) groups is 2. The third kappa shape index (κ3) is 7.18. The molecule has 0 amide bonds. The summed E-state index contributed by atoms with van der Waals surface area (Å²) in [6.07, 6.45) is -4.77. The smallest absolute Gasteiger partial charge is 0.475 e. The van der Waals surface area contributed by atoms with Gasteiger partial charge in [0.05, 0.1) is 17.6 Å². The molecule has 4 N–H and O–H groups in total. The first-order valence-electron chi connectivity index (χ1n) is 12.3. The van der Waals surface area contributed by atoms with Crippen LogP contribution in [-0.4, -0.2) is 54.4 Å². The van der Waals surface area contributed by atoms with E-state index in [1.165, 1.54) is 0 Å². The van der Waals surface area contributed by atoms with E-state index in [1.807, 2.05) is 36.5 Å². The number of nitrogens with zero attached hydrogens (tertiary/aromatic N) is 3. The number of imidazole rings is 1. The molecule has 0 aliphatic carbocycles. The molecule has 3 aromatic heterocycles. The van der Waals surface area contributed by atoms with E-state index in [1.54, 1.807) is 12.4 Å². The summed E-state index contributed by atoms with van der Waals surface area (Å²) in [5.41, 5.74) is 8.10. The average Bonchev–Trinajstić information content (AvgIpc) is 3.38. The lowest BCUT2D eigenvalue weighted by Gasteiger charge is -2.09. The Morgan fingerprint density at radius 1 is 0.682 bits per heavy atom. The van der Waals surface area contributed by atoms with E-state index >= 15 is 0 Å². The lowest BCUT2D eigenvalue weighted by atomic mass is 9.99. The van der Waals surface area contributed by atoms with Crippen LogP contribution >= 0.6 is 0 Å².